The Morgan fingerprint density at radius 2 is 2.11 bits per heavy atom. The molecule has 0 amide bonds. The first kappa shape index (κ1) is 16.5. The number of hydrogen-bond donors (Lipinski definition) is 1. The number of benzene rings is 1. The van der Waals surface area contributed by atoms with Gasteiger partial charge in [0.1, 0.15) is 24.0 Å². The van der Waals surface area contributed by atoms with Crippen LogP contribution in [0, 0.1) is 5.82 Å². The van der Waals surface area contributed by atoms with E-state index in [1.54, 1.807) is 22.8 Å². The van der Waals surface area contributed by atoms with Gasteiger partial charge in [0, 0.05) is 37.0 Å². The van der Waals surface area contributed by atoms with Crippen molar-refractivity contribution in [2.75, 3.05) is 44.8 Å². The van der Waals surface area contributed by atoms with Crippen LogP contribution in [0.25, 0.3) is 16.8 Å². The summed E-state index contributed by atoms with van der Waals surface area (Å²) in [5.74, 6) is 1.05. The van der Waals surface area contributed by atoms with E-state index in [0.29, 0.717) is 35.7 Å². The second kappa shape index (κ2) is 6.79. The van der Waals surface area contributed by atoms with Gasteiger partial charge in [-0.25, -0.2) is 13.9 Å². The van der Waals surface area contributed by atoms with Gasteiger partial charge in [-0.15, -0.1) is 0 Å². The molecular formula is C19H20FN5O2. The molecule has 1 saturated heterocycles. The Balaban J connectivity index is 1.59. The summed E-state index contributed by atoms with van der Waals surface area (Å²) in [5.41, 5.74) is 1.68. The Labute approximate surface area is 155 Å². The lowest BCUT2D eigenvalue weighted by atomic mass is 10.1. The van der Waals surface area contributed by atoms with E-state index in [2.05, 4.69) is 20.3 Å². The third-order valence-electron chi connectivity index (χ3n) is 5.09. The number of hydrogen-bond acceptors (Lipinski definition) is 6. The number of anilines is 1. The summed E-state index contributed by atoms with van der Waals surface area (Å²) in [6, 6.07) is 6.84. The van der Waals surface area contributed by atoms with Crippen molar-refractivity contribution in [2.45, 2.75) is 6.04 Å². The van der Waals surface area contributed by atoms with Gasteiger partial charge in [0.15, 0.2) is 5.65 Å². The zero-order valence-corrected chi connectivity index (χ0v) is 14.8. The molecule has 2 aliphatic heterocycles. The van der Waals surface area contributed by atoms with E-state index >= 15 is 0 Å². The Kier molecular flexibility index (Phi) is 4.14. The van der Waals surface area contributed by atoms with Crippen LogP contribution in [-0.4, -0.2) is 65.0 Å². The maximum Gasteiger partial charge on any atom is 0.165 e. The van der Waals surface area contributed by atoms with E-state index in [1.165, 1.54) is 6.07 Å². The van der Waals surface area contributed by atoms with Crippen molar-refractivity contribution in [3.05, 3.63) is 42.5 Å². The first-order valence-electron chi connectivity index (χ1n) is 9.11. The lowest BCUT2D eigenvalue weighted by molar-refractivity contribution is -0.0214. The average molecular weight is 369 g/mol. The van der Waals surface area contributed by atoms with Gasteiger partial charge in [-0.05, 0) is 24.3 Å². The van der Waals surface area contributed by atoms with Crippen LogP contribution in [0.4, 0.5) is 10.2 Å². The van der Waals surface area contributed by atoms with E-state index in [9.17, 15) is 4.39 Å². The third-order valence-corrected chi connectivity index (χ3v) is 5.09. The van der Waals surface area contributed by atoms with Crippen LogP contribution in [0.2, 0.25) is 0 Å². The molecule has 0 saturated carbocycles. The predicted octanol–water partition coefficient (Wildman–Crippen LogP) is 2.04. The number of fused-ring (bicyclic) bond motifs is 5. The molecule has 2 aromatic heterocycles. The van der Waals surface area contributed by atoms with E-state index in [0.717, 1.165) is 32.1 Å². The SMILES string of the molecule is Fc1ccc2cc1-c1cnn3ccc(nc13)NCCN1CCOC[C@H]1CO2. The summed E-state index contributed by atoms with van der Waals surface area (Å²) < 4.78 is 27.8. The largest absolute Gasteiger partial charge is 0.492 e. The summed E-state index contributed by atoms with van der Waals surface area (Å²) in [4.78, 5) is 7.00. The minimum Gasteiger partial charge on any atom is -0.492 e. The third kappa shape index (κ3) is 3.11. The molecule has 1 N–H and O–H groups in total. The fraction of sp³-hybridized carbons (Fsp3) is 0.368. The summed E-state index contributed by atoms with van der Waals surface area (Å²) in [5, 5.41) is 7.66. The number of aromatic nitrogens is 3. The van der Waals surface area contributed by atoms with Crippen LogP contribution >= 0.6 is 0 Å². The van der Waals surface area contributed by atoms with Crippen LogP contribution in [0.15, 0.2) is 36.7 Å². The topological polar surface area (TPSA) is 63.9 Å². The van der Waals surface area contributed by atoms with Crippen LogP contribution in [-0.2, 0) is 4.74 Å². The maximum atomic E-state index is 14.5. The molecule has 4 bridgehead atoms. The molecule has 5 rings (SSSR count). The van der Waals surface area contributed by atoms with Crippen molar-refractivity contribution in [2.24, 2.45) is 0 Å². The number of morpholine rings is 1. The first-order valence-corrected chi connectivity index (χ1v) is 9.11. The molecule has 0 aliphatic carbocycles. The molecule has 7 nitrogen and oxygen atoms in total. The normalized spacial score (nSPS) is 20.6. The second-order valence-corrected chi connectivity index (χ2v) is 6.78. The number of halogens is 1. The zero-order valence-electron chi connectivity index (χ0n) is 14.8. The highest BCUT2D eigenvalue weighted by atomic mass is 19.1. The van der Waals surface area contributed by atoms with Crippen molar-refractivity contribution < 1.29 is 13.9 Å². The van der Waals surface area contributed by atoms with E-state index in [1.807, 2.05) is 12.3 Å². The molecule has 3 aromatic rings. The highest BCUT2D eigenvalue weighted by molar-refractivity contribution is 5.78. The zero-order chi connectivity index (χ0) is 18.2. The average Bonchev–Trinajstić information content (AvgIpc) is 3.11. The van der Waals surface area contributed by atoms with Crippen molar-refractivity contribution in [3.63, 3.8) is 0 Å². The van der Waals surface area contributed by atoms with Gasteiger partial charge in [-0.2, -0.15) is 5.10 Å². The van der Waals surface area contributed by atoms with Gasteiger partial charge < -0.3 is 14.8 Å². The van der Waals surface area contributed by atoms with E-state index < -0.39 is 0 Å². The van der Waals surface area contributed by atoms with E-state index in [4.69, 9.17) is 9.47 Å². The molecular weight excluding hydrogens is 349 g/mol. The molecule has 27 heavy (non-hydrogen) atoms. The van der Waals surface area contributed by atoms with Gasteiger partial charge in [0.25, 0.3) is 0 Å². The molecule has 0 radical (unpaired) electrons. The summed E-state index contributed by atoms with van der Waals surface area (Å²) in [6.07, 6.45) is 3.46. The van der Waals surface area contributed by atoms with Gasteiger partial charge in [-0.1, -0.05) is 0 Å². The molecule has 0 spiro atoms. The molecule has 4 heterocycles. The molecule has 1 aromatic carbocycles. The number of ether oxygens (including phenoxy) is 2. The summed E-state index contributed by atoms with van der Waals surface area (Å²) in [6.45, 7) is 4.34. The predicted molar refractivity (Wildman–Crippen MR) is 98.5 cm³/mol. The van der Waals surface area contributed by atoms with Crippen molar-refractivity contribution >= 4 is 11.5 Å². The second-order valence-electron chi connectivity index (χ2n) is 6.78. The molecule has 0 unspecified atom stereocenters. The van der Waals surface area contributed by atoms with Gasteiger partial charge >= 0.3 is 0 Å². The Hall–Kier alpha value is -2.71. The van der Waals surface area contributed by atoms with Gasteiger partial charge in [-0.3, -0.25) is 4.90 Å². The fourth-order valence-electron chi connectivity index (χ4n) is 3.61. The molecule has 1 fully saturated rings. The van der Waals surface area contributed by atoms with Crippen LogP contribution in [0.3, 0.4) is 0 Å². The lowest BCUT2D eigenvalue weighted by Gasteiger charge is -2.35. The van der Waals surface area contributed by atoms with Crippen LogP contribution in [0.5, 0.6) is 5.75 Å². The van der Waals surface area contributed by atoms with Crippen LogP contribution < -0.4 is 10.1 Å². The lowest BCUT2D eigenvalue weighted by Crippen LogP contribution is -2.50. The highest BCUT2D eigenvalue weighted by Crippen LogP contribution is 2.30. The Bertz CT molecular complexity index is 976. The molecule has 140 valence electrons. The Morgan fingerprint density at radius 1 is 1.15 bits per heavy atom. The van der Waals surface area contributed by atoms with Gasteiger partial charge in [0.2, 0.25) is 0 Å². The summed E-state index contributed by atoms with van der Waals surface area (Å²) >= 11 is 0. The number of nitrogens with one attached hydrogen (secondary N) is 1. The van der Waals surface area contributed by atoms with Crippen molar-refractivity contribution in [1.82, 2.24) is 19.5 Å². The van der Waals surface area contributed by atoms with Crippen LogP contribution in [0.1, 0.15) is 0 Å². The highest BCUT2D eigenvalue weighted by Gasteiger charge is 2.24. The molecule has 2 aliphatic rings. The fourth-order valence-corrected chi connectivity index (χ4v) is 3.61. The number of nitrogens with zero attached hydrogens (tertiary/aromatic N) is 4. The minimum atomic E-state index is -0.327. The monoisotopic (exact) mass is 369 g/mol. The molecule has 8 heteroatoms. The number of rotatable bonds is 0. The van der Waals surface area contributed by atoms with Crippen molar-refractivity contribution in [1.29, 1.82) is 0 Å². The van der Waals surface area contributed by atoms with Crippen molar-refractivity contribution in [3.8, 4) is 16.9 Å². The first-order chi connectivity index (χ1) is 13.3. The standard InChI is InChI=1S/C19H20FN5O2/c20-17-2-1-14-9-15(17)16-10-22-25-5-3-18(23-19(16)25)21-4-6-24-7-8-26-11-13(24)12-27-14/h1-3,5,9-10,13H,4,6-8,11-12H2,(H,21,23)/t13-/m0/s1. The quantitative estimate of drug-likeness (QED) is 0.654. The molecule has 1 atom stereocenters. The van der Waals surface area contributed by atoms with E-state index in [-0.39, 0.29) is 11.9 Å². The minimum absolute atomic E-state index is 0.166. The smallest absolute Gasteiger partial charge is 0.165 e. The summed E-state index contributed by atoms with van der Waals surface area (Å²) in [7, 11) is 0. The maximum absolute atomic E-state index is 14.5. The Morgan fingerprint density at radius 3 is 3.07 bits per heavy atom. The van der Waals surface area contributed by atoms with Gasteiger partial charge in [0.05, 0.1) is 25.5 Å².